The first kappa shape index (κ1) is 18.8. The molecule has 0 radical (unpaired) electrons. The fourth-order valence-corrected chi connectivity index (χ4v) is 3.00. The van der Waals surface area contributed by atoms with Crippen molar-refractivity contribution in [2.45, 2.75) is 39.0 Å². The maximum atomic E-state index is 11.0. The van der Waals surface area contributed by atoms with Gasteiger partial charge in [0.15, 0.2) is 5.82 Å². The Morgan fingerprint density at radius 1 is 1.30 bits per heavy atom. The highest BCUT2D eigenvalue weighted by Crippen LogP contribution is 2.31. The number of benzene rings is 1. The maximum absolute atomic E-state index is 11.0. The van der Waals surface area contributed by atoms with Crippen molar-refractivity contribution >= 4 is 23.7 Å². The number of carboxylic acids is 1. The molecule has 3 rings (SSSR count). The summed E-state index contributed by atoms with van der Waals surface area (Å²) >= 11 is 0. The highest BCUT2D eigenvalue weighted by molar-refractivity contribution is 5.87. The Morgan fingerprint density at radius 2 is 2.07 bits per heavy atom. The normalized spacial score (nSPS) is 15.8. The number of aromatic carboxylic acids is 1. The van der Waals surface area contributed by atoms with Gasteiger partial charge < -0.3 is 15.6 Å². The van der Waals surface area contributed by atoms with Gasteiger partial charge in [0.1, 0.15) is 5.69 Å². The van der Waals surface area contributed by atoms with Crippen LogP contribution in [0.25, 0.3) is 0 Å². The SMILES string of the molecule is CCCCOc1nc(N)c2c(n1)CCC(Cc1ccc(C(=O)O)cc1)C=N2. The van der Waals surface area contributed by atoms with Crippen molar-refractivity contribution in [1.29, 1.82) is 0 Å². The molecular weight excluding hydrogens is 344 g/mol. The number of ether oxygens (including phenoxy) is 1. The minimum absolute atomic E-state index is 0.221. The van der Waals surface area contributed by atoms with E-state index in [2.05, 4.69) is 21.9 Å². The summed E-state index contributed by atoms with van der Waals surface area (Å²) in [6.07, 6.45) is 6.28. The Bertz CT molecular complexity index is 834. The molecule has 7 heteroatoms. The molecule has 1 aliphatic rings. The predicted octanol–water partition coefficient (Wildman–Crippen LogP) is 3.44. The Balaban J connectivity index is 1.68. The average molecular weight is 368 g/mol. The van der Waals surface area contributed by atoms with Crippen LogP contribution in [0.1, 0.15) is 47.8 Å². The molecule has 7 nitrogen and oxygen atoms in total. The smallest absolute Gasteiger partial charge is 0.335 e. The van der Waals surface area contributed by atoms with Crippen molar-refractivity contribution in [3.05, 3.63) is 41.1 Å². The van der Waals surface area contributed by atoms with Crippen molar-refractivity contribution in [3.8, 4) is 6.01 Å². The zero-order valence-electron chi connectivity index (χ0n) is 15.4. The topological polar surface area (TPSA) is 111 Å². The fourth-order valence-electron chi connectivity index (χ4n) is 3.00. The second-order valence-corrected chi connectivity index (χ2v) is 6.67. The first-order valence-electron chi connectivity index (χ1n) is 9.22. The lowest BCUT2D eigenvalue weighted by atomic mass is 9.95. The molecule has 0 fully saturated rings. The number of nitrogens with zero attached hydrogens (tertiary/aromatic N) is 3. The van der Waals surface area contributed by atoms with Crippen LogP contribution >= 0.6 is 0 Å². The van der Waals surface area contributed by atoms with Gasteiger partial charge in [0, 0.05) is 6.21 Å². The van der Waals surface area contributed by atoms with Crippen molar-refractivity contribution in [3.63, 3.8) is 0 Å². The van der Waals surface area contributed by atoms with Crippen molar-refractivity contribution in [2.75, 3.05) is 12.3 Å². The number of aliphatic imine (C=N–C) groups is 1. The fraction of sp³-hybridized carbons (Fsp3) is 0.400. The van der Waals surface area contributed by atoms with Crippen molar-refractivity contribution in [1.82, 2.24) is 9.97 Å². The minimum Gasteiger partial charge on any atom is -0.478 e. The molecule has 0 bridgehead atoms. The zero-order valence-corrected chi connectivity index (χ0v) is 15.4. The number of nitrogen functional groups attached to an aromatic ring is 1. The molecule has 0 amide bonds. The van der Waals surface area contributed by atoms with Gasteiger partial charge in [-0.05, 0) is 49.3 Å². The molecule has 1 aromatic heterocycles. The van der Waals surface area contributed by atoms with E-state index in [9.17, 15) is 4.79 Å². The lowest BCUT2D eigenvalue weighted by Crippen LogP contribution is -2.08. The Labute approximate surface area is 158 Å². The van der Waals surface area contributed by atoms with Crippen LogP contribution in [-0.4, -0.2) is 33.9 Å². The standard InChI is InChI=1S/C20H24N4O3/c1-2-3-10-27-20-23-16-9-6-14(12-22-17(16)18(21)24-20)11-13-4-7-15(8-5-13)19(25)26/h4-5,7-8,12,14H,2-3,6,9-11H2,1H3,(H,25,26)(H2,21,23,24). The van der Waals surface area contributed by atoms with E-state index in [-0.39, 0.29) is 5.92 Å². The molecule has 1 aliphatic heterocycles. The monoisotopic (exact) mass is 368 g/mol. The summed E-state index contributed by atoms with van der Waals surface area (Å²) < 4.78 is 5.59. The summed E-state index contributed by atoms with van der Waals surface area (Å²) in [7, 11) is 0. The van der Waals surface area contributed by atoms with Gasteiger partial charge in [-0.1, -0.05) is 25.5 Å². The summed E-state index contributed by atoms with van der Waals surface area (Å²) in [6.45, 7) is 2.67. The summed E-state index contributed by atoms with van der Waals surface area (Å²) in [5.74, 6) is -0.355. The molecule has 3 N–H and O–H groups in total. The molecule has 0 saturated carbocycles. The number of hydrogen-bond acceptors (Lipinski definition) is 6. The quantitative estimate of drug-likeness (QED) is 0.724. The highest BCUT2D eigenvalue weighted by atomic mass is 16.5. The zero-order chi connectivity index (χ0) is 19.2. The minimum atomic E-state index is -0.918. The first-order valence-corrected chi connectivity index (χ1v) is 9.22. The van der Waals surface area contributed by atoms with Crippen LogP contribution in [0.15, 0.2) is 29.3 Å². The molecule has 0 saturated heterocycles. The van der Waals surface area contributed by atoms with E-state index in [1.165, 1.54) is 0 Å². The van der Waals surface area contributed by atoms with Crippen molar-refractivity contribution in [2.24, 2.45) is 10.9 Å². The molecule has 1 atom stereocenters. The Kier molecular flexibility index (Phi) is 6.01. The first-order chi connectivity index (χ1) is 13.1. The van der Waals surface area contributed by atoms with Crippen LogP contribution in [0.5, 0.6) is 6.01 Å². The summed E-state index contributed by atoms with van der Waals surface area (Å²) in [4.78, 5) is 24.2. The van der Waals surface area contributed by atoms with E-state index < -0.39 is 5.97 Å². The molecule has 0 aliphatic carbocycles. The summed E-state index contributed by atoms with van der Waals surface area (Å²) in [5.41, 5.74) is 8.86. The molecule has 0 spiro atoms. The van der Waals surface area contributed by atoms with E-state index in [1.54, 1.807) is 12.1 Å². The number of hydrogen-bond donors (Lipinski definition) is 2. The van der Waals surface area contributed by atoms with E-state index in [1.807, 2.05) is 18.3 Å². The Hall–Kier alpha value is -2.96. The molecule has 1 unspecified atom stereocenters. The molecular formula is C20H24N4O3. The molecule has 142 valence electrons. The van der Waals surface area contributed by atoms with E-state index >= 15 is 0 Å². The van der Waals surface area contributed by atoms with Crippen LogP contribution in [0.3, 0.4) is 0 Å². The van der Waals surface area contributed by atoms with E-state index in [4.69, 9.17) is 15.6 Å². The van der Waals surface area contributed by atoms with Gasteiger partial charge in [-0.15, -0.1) is 0 Å². The Morgan fingerprint density at radius 3 is 2.78 bits per heavy atom. The number of nitrogens with two attached hydrogens (primary N) is 1. The van der Waals surface area contributed by atoms with Gasteiger partial charge in [-0.3, -0.25) is 4.99 Å². The third kappa shape index (κ3) is 4.81. The van der Waals surface area contributed by atoms with Gasteiger partial charge in [0.2, 0.25) is 0 Å². The lowest BCUT2D eigenvalue weighted by molar-refractivity contribution is 0.0697. The molecule has 1 aromatic carbocycles. The number of fused-ring (bicyclic) bond motifs is 1. The number of aryl methyl sites for hydroxylation is 1. The van der Waals surface area contributed by atoms with Gasteiger partial charge in [-0.2, -0.15) is 9.97 Å². The van der Waals surface area contributed by atoms with Gasteiger partial charge in [0.05, 0.1) is 17.9 Å². The van der Waals surface area contributed by atoms with Crippen LogP contribution in [0, 0.1) is 5.92 Å². The van der Waals surface area contributed by atoms with E-state index in [0.717, 1.165) is 43.4 Å². The third-order valence-corrected chi connectivity index (χ3v) is 4.56. The molecule has 27 heavy (non-hydrogen) atoms. The lowest BCUT2D eigenvalue weighted by Gasteiger charge is -2.10. The summed E-state index contributed by atoms with van der Waals surface area (Å²) in [5, 5.41) is 8.99. The maximum Gasteiger partial charge on any atom is 0.335 e. The molecule has 2 heterocycles. The highest BCUT2D eigenvalue weighted by Gasteiger charge is 2.19. The van der Waals surface area contributed by atoms with Crippen LogP contribution in [-0.2, 0) is 12.8 Å². The molecule has 2 aromatic rings. The number of aromatic nitrogens is 2. The van der Waals surface area contributed by atoms with Gasteiger partial charge >= 0.3 is 12.0 Å². The third-order valence-electron chi connectivity index (χ3n) is 4.56. The number of rotatable bonds is 7. The number of carboxylic acid groups (broad SMARTS) is 1. The summed E-state index contributed by atoms with van der Waals surface area (Å²) in [6, 6.07) is 7.28. The number of carbonyl (C=O) groups is 1. The van der Waals surface area contributed by atoms with Crippen LogP contribution in [0.4, 0.5) is 11.5 Å². The van der Waals surface area contributed by atoms with Gasteiger partial charge in [0.25, 0.3) is 0 Å². The van der Waals surface area contributed by atoms with E-state index in [0.29, 0.717) is 29.7 Å². The van der Waals surface area contributed by atoms with Crippen molar-refractivity contribution < 1.29 is 14.6 Å². The number of unbranched alkanes of at least 4 members (excludes halogenated alkanes) is 1. The van der Waals surface area contributed by atoms with Crippen LogP contribution in [0.2, 0.25) is 0 Å². The second-order valence-electron chi connectivity index (χ2n) is 6.67. The second kappa shape index (κ2) is 8.62. The van der Waals surface area contributed by atoms with Gasteiger partial charge in [-0.25, -0.2) is 4.79 Å². The average Bonchev–Trinajstić information content (AvgIpc) is 2.85. The van der Waals surface area contributed by atoms with Crippen LogP contribution < -0.4 is 10.5 Å². The predicted molar refractivity (Wildman–Crippen MR) is 104 cm³/mol. The number of anilines is 1. The largest absolute Gasteiger partial charge is 0.478 e.